The van der Waals surface area contributed by atoms with Crippen LogP contribution < -0.4 is 9.80 Å². The molecule has 0 aromatic heterocycles. The van der Waals surface area contributed by atoms with E-state index in [9.17, 15) is 0 Å². The minimum atomic E-state index is -0.101. The van der Waals surface area contributed by atoms with Crippen molar-refractivity contribution in [1.29, 1.82) is 0 Å². The molecule has 0 saturated carbocycles. The maximum Gasteiger partial charge on any atom is 0.0543 e. The molecule has 0 aliphatic heterocycles. The van der Waals surface area contributed by atoms with Gasteiger partial charge in [-0.2, -0.15) is 0 Å². The number of fused-ring (bicyclic) bond motifs is 6. The van der Waals surface area contributed by atoms with Gasteiger partial charge >= 0.3 is 0 Å². The smallest absolute Gasteiger partial charge is 0.0543 e. The Kier molecular flexibility index (Phi) is 10.2. The van der Waals surface area contributed by atoms with Crippen LogP contribution in [0.4, 0.5) is 34.1 Å². The number of benzene rings is 9. The molecule has 0 radical (unpaired) electrons. The summed E-state index contributed by atoms with van der Waals surface area (Å²) in [5, 5.41) is 0. The molecule has 2 nitrogen and oxygen atoms in total. The van der Waals surface area contributed by atoms with Crippen LogP contribution in [-0.4, -0.2) is 0 Å². The lowest BCUT2D eigenvalue weighted by Gasteiger charge is -2.32. The molecule has 0 amide bonds. The van der Waals surface area contributed by atoms with Gasteiger partial charge < -0.3 is 9.80 Å². The quantitative estimate of drug-likeness (QED) is 0.150. The van der Waals surface area contributed by atoms with Crippen LogP contribution in [0.5, 0.6) is 0 Å². The van der Waals surface area contributed by atoms with Crippen molar-refractivity contribution in [2.45, 2.75) is 80.1 Å². The van der Waals surface area contributed by atoms with Crippen LogP contribution in [0.1, 0.15) is 83.3 Å². The fourth-order valence-corrected chi connectivity index (χ4v) is 12.2. The Balaban J connectivity index is 1.00. The van der Waals surface area contributed by atoms with Gasteiger partial charge in [0.05, 0.1) is 22.7 Å². The summed E-state index contributed by atoms with van der Waals surface area (Å²) in [5.41, 5.74) is 30.1. The second-order valence-electron chi connectivity index (χ2n) is 20.6. The van der Waals surface area contributed by atoms with Crippen molar-refractivity contribution >= 4 is 34.1 Å². The van der Waals surface area contributed by atoms with Crippen LogP contribution in [0, 0.1) is 41.5 Å². The minimum Gasteiger partial charge on any atom is -0.309 e. The Labute approximate surface area is 404 Å². The summed E-state index contributed by atoms with van der Waals surface area (Å²) in [4.78, 5) is 5.05. The Hall–Kier alpha value is -7.42. The molecule has 0 unspecified atom stereocenters. The normalized spacial score (nSPS) is 13.7. The highest BCUT2D eigenvalue weighted by Crippen LogP contribution is 2.57. The van der Waals surface area contributed by atoms with E-state index in [-0.39, 0.29) is 10.8 Å². The molecule has 11 rings (SSSR count). The zero-order chi connectivity index (χ0) is 47.2. The molecule has 0 atom stereocenters. The predicted octanol–water partition coefficient (Wildman–Crippen LogP) is 18.4. The topological polar surface area (TPSA) is 6.48 Å². The van der Waals surface area contributed by atoms with E-state index in [0.29, 0.717) is 0 Å². The van der Waals surface area contributed by atoms with E-state index in [1.807, 2.05) is 0 Å². The highest BCUT2D eigenvalue weighted by atomic mass is 15.2. The average molecular weight is 881 g/mol. The Morgan fingerprint density at radius 1 is 0.309 bits per heavy atom. The van der Waals surface area contributed by atoms with Gasteiger partial charge in [-0.25, -0.2) is 0 Å². The van der Waals surface area contributed by atoms with Gasteiger partial charge in [0.2, 0.25) is 0 Å². The SMILES string of the molecule is Cc1cc(C)c(N(c2cccc(-c3ccc(-c4cccc(N(c5cccc6c5-c5ccccc5C6(C)C)c5c(C)cc(C)cc5C)c4)cc3)c2)c2cccc3c2-c2ccccc2C3(C)C)c(C)c1. The molecule has 2 aliphatic carbocycles. The summed E-state index contributed by atoms with van der Waals surface area (Å²) in [5.74, 6) is 0. The molecule has 0 saturated heterocycles. The van der Waals surface area contributed by atoms with E-state index in [0.717, 1.165) is 11.4 Å². The van der Waals surface area contributed by atoms with Gasteiger partial charge in [0.25, 0.3) is 0 Å². The fourth-order valence-electron chi connectivity index (χ4n) is 12.2. The van der Waals surface area contributed by atoms with E-state index in [1.165, 1.54) is 123 Å². The van der Waals surface area contributed by atoms with Crippen LogP contribution in [0.25, 0.3) is 44.5 Å². The molecule has 2 aliphatic rings. The van der Waals surface area contributed by atoms with Crippen LogP contribution >= 0.6 is 0 Å². The minimum absolute atomic E-state index is 0.101. The third-order valence-corrected chi connectivity index (χ3v) is 15.1. The van der Waals surface area contributed by atoms with Gasteiger partial charge in [-0.15, -0.1) is 0 Å². The lowest BCUT2D eigenvalue weighted by molar-refractivity contribution is 0.660. The van der Waals surface area contributed by atoms with E-state index in [1.54, 1.807) is 0 Å². The Morgan fingerprint density at radius 3 is 1.03 bits per heavy atom. The summed E-state index contributed by atoms with van der Waals surface area (Å²) >= 11 is 0. The zero-order valence-electron chi connectivity index (χ0n) is 41.2. The van der Waals surface area contributed by atoms with Crippen molar-refractivity contribution in [1.82, 2.24) is 0 Å². The van der Waals surface area contributed by atoms with Crippen LogP contribution in [-0.2, 0) is 10.8 Å². The van der Waals surface area contributed by atoms with Crippen LogP contribution in [0.3, 0.4) is 0 Å². The Morgan fingerprint density at radius 2 is 0.647 bits per heavy atom. The molecule has 9 aromatic rings. The number of anilines is 6. The van der Waals surface area contributed by atoms with Gasteiger partial charge in [0, 0.05) is 33.3 Å². The van der Waals surface area contributed by atoms with Crippen molar-refractivity contribution < 1.29 is 0 Å². The molecular weight excluding hydrogens is 821 g/mol. The fraction of sp³-hybridized carbons (Fsp3) is 0.182. The average Bonchev–Trinajstić information content (AvgIpc) is 3.71. The third-order valence-electron chi connectivity index (χ3n) is 15.1. The maximum absolute atomic E-state index is 2.52. The first-order valence-corrected chi connectivity index (χ1v) is 24.3. The van der Waals surface area contributed by atoms with Crippen LogP contribution in [0.15, 0.2) is 182 Å². The number of hydrogen-bond donors (Lipinski definition) is 0. The van der Waals surface area contributed by atoms with Crippen molar-refractivity contribution in [2.75, 3.05) is 9.80 Å². The van der Waals surface area contributed by atoms with Crippen LogP contribution in [0.2, 0.25) is 0 Å². The van der Waals surface area contributed by atoms with Crippen molar-refractivity contribution in [3.8, 4) is 44.5 Å². The van der Waals surface area contributed by atoms with Crippen molar-refractivity contribution in [2.24, 2.45) is 0 Å². The van der Waals surface area contributed by atoms with Gasteiger partial charge in [0.1, 0.15) is 0 Å². The molecular formula is C66H60N2. The van der Waals surface area contributed by atoms with Gasteiger partial charge in [-0.05, 0) is 156 Å². The maximum atomic E-state index is 2.52. The summed E-state index contributed by atoms with van der Waals surface area (Å²) in [6.07, 6.45) is 0. The van der Waals surface area contributed by atoms with Gasteiger partial charge in [-0.1, -0.05) is 184 Å². The first kappa shape index (κ1) is 43.2. The number of nitrogens with zero attached hydrogens (tertiary/aromatic N) is 2. The highest BCUT2D eigenvalue weighted by Gasteiger charge is 2.39. The lowest BCUT2D eigenvalue weighted by Crippen LogP contribution is -2.17. The van der Waals surface area contributed by atoms with Gasteiger partial charge in [-0.3, -0.25) is 0 Å². The molecule has 9 aromatic carbocycles. The van der Waals surface area contributed by atoms with Crippen molar-refractivity contribution in [3.05, 3.63) is 238 Å². The summed E-state index contributed by atoms with van der Waals surface area (Å²) in [6, 6.07) is 68.5. The number of aryl methyl sites for hydroxylation is 6. The summed E-state index contributed by atoms with van der Waals surface area (Å²) < 4.78 is 0. The van der Waals surface area contributed by atoms with E-state index >= 15 is 0 Å². The Bertz CT molecular complexity index is 3200. The molecule has 0 fully saturated rings. The van der Waals surface area contributed by atoms with E-state index in [2.05, 4.69) is 261 Å². The monoisotopic (exact) mass is 880 g/mol. The van der Waals surface area contributed by atoms with E-state index in [4.69, 9.17) is 0 Å². The number of rotatable bonds is 8. The molecule has 0 spiro atoms. The zero-order valence-corrected chi connectivity index (χ0v) is 41.2. The largest absolute Gasteiger partial charge is 0.309 e. The molecule has 68 heavy (non-hydrogen) atoms. The predicted molar refractivity (Wildman–Crippen MR) is 290 cm³/mol. The number of hydrogen-bond acceptors (Lipinski definition) is 2. The standard InChI is InChI=1S/C66H60N2/c1-41-35-43(3)63(44(4)36-41)67(59-29-17-27-57-61(59)53-23-11-13-25-55(53)65(57,7)8)51-21-15-19-49(39-51)47-31-33-48(34-32-47)50-20-16-22-52(40-50)68(64-45(5)37-42(2)38-46(64)6)60-30-18-28-58-62(60)54-24-12-14-26-56(54)66(58,9)10/h11-40H,1-10H3. The second kappa shape index (κ2) is 16.1. The molecule has 2 heteroatoms. The molecule has 0 bridgehead atoms. The third kappa shape index (κ3) is 6.83. The van der Waals surface area contributed by atoms with Gasteiger partial charge in [0.15, 0.2) is 0 Å². The first-order chi connectivity index (χ1) is 32.7. The molecule has 0 heterocycles. The second-order valence-corrected chi connectivity index (χ2v) is 20.6. The summed E-state index contributed by atoms with van der Waals surface area (Å²) in [7, 11) is 0. The first-order valence-electron chi connectivity index (χ1n) is 24.3. The summed E-state index contributed by atoms with van der Waals surface area (Å²) in [6.45, 7) is 22.9. The molecule has 0 N–H and O–H groups in total. The lowest BCUT2D eigenvalue weighted by atomic mass is 9.82. The molecule has 334 valence electrons. The highest BCUT2D eigenvalue weighted by molar-refractivity contribution is 5.98. The van der Waals surface area contributed by atoms with E-state index < -0.39 is 0 Å². The van der Waals surface area contributed by atoms with Crippen molar-refractivity contribution in [3.63, 3.8) is 0 Å².